The van der Waals surface area contributed by atoms with Gasteiger partial charge in [-0.15, -0.1) is 10.2 Å². The Bertz CT molecular complexity index is 494. The average molecular weight is 273 g/mol. The summed E-state index contributed by atoms with van der Waals surface area (Å²) < 4.78 is 5.71. The molecule has 0 radical (unpaired) electrons. The molecule has 0 spiro atoms. The number of allylic oxidation sites excluding steroid dienone is 1. The normalized spacial score (nSPS) is 40.6. The van der Waals surface area contributed by atoms with Gasteiger partial charge in [-0.3, -0.25) is 0 Å². The third-order valence-corrected chi connectivity index (χ3v) is 5.76. The molecule has 0 aliphatic heterocycles. The van der Waals surface area contributed by atoms with Crippen LogP contribution in [0.5, 0.6) is 0 Å². The van der Waals surface area contributed by atoms with Crippen LogP contribution in [0.15, 0.2) is 10.5 Å². The summed E-state index contributed by atoms with van der Waals surface area (Å²) in [5.41, 5.74) is 6.51. The second-order valence-electron chi connectivity index (χ2n) is 7.01. The van der Waals surface area contributed by atoms with Crippen LogP contribution in [0.1, 0.15) is 56.9 Å². The molecule has 4 aliphatic rings. The van der Waals surface area contributed by atoms with Crippen LogP contribution < -0.4 is 5.73 Å². The van der Waals surface area contributed by atoms with E-state index in [1.165, 1.54) is 32.1 Å². The first-order valence-corrected chi connectivity index (χ1v) is 7.96. The van der Waals surface area contributed by atoms with Crippen molar-refractivity contribution in [2.24, 2.45) is 35.3 Å². The summed E-state index contributed by atoms with van der Waals surface area (Å²) in [4.78, 5) is 0. The zero-order valence-electron chi connectivity index (χ0n) is 12.0. The van der Waals surface area contributed by atoms with Gasteiger partial charge in [0.1, 0.15) is 0 Å². The van der Waals surface area contributed by atoms with Crippen molar-refractivity contribution in [2.75, 3.05) is 0 Å². The zero-order valence-corrected chi connectivity index (χ0v) is 12.0. The topological polar surface area (TPSA) is 64.9 Å². The highest BCUT2D eigenvalue weighted by Gasteiger charge is 2.50. The van der Waals surface area contributed by atoms with E-state index < -0.39 is 0 Å². The molecule has 0 amide bonds. The maximum absolute atomic E-state index is 6.51. The minimum absolute atomic E-state index is 0.0727. The molecule has 5 rings (SSSR count). The third-order valence-electron chi connectivity index (χ3n) is 5.76. The Morgan fingerprint density at radius 1 is 1.10 bits per heavy atom. The second-order valence-corrected chi connectivity index (χ2v) is 7.01. The van der Waals surface area contributed by atoms with E-state index in [-0.39, 0.29) is 6.04 Å². The molecule has 4 heteroatoms. The minimum Gasteiger partial charge on any atom is -0.420 e. The van der Waals surface area contributed by atoms with Crippen LogP contribution in [-0.4, -0.2) is 10.2 Å². The Morgan fingerprint density at radius 3 is 2.35 bits per heavy atom. The predicted octanol–water partition coefficient (Wildman–Crippen LogP) is 3.17. The van der Waals surface area contributed by atoms with E-state index in [0.29, 0.717) is 17.7 Å². The van der Waals surface area contributed by atoms with E-state index in [2.05, 4.69) is 10.2 Å². The van der Waals surface area contributed by atoms with Gasteiger partial charge in [-0.2, -0.15) is 0 Å². The summed E-state index contributed by atoms with van der Waals surface area (Å²) in [6.07, 6.45) is 10.7. The molecule has 20 heavy (non-hydrogen) atoms. The van der Waals surface area contributed by atoms with E-state index >= 15 is 0 Å². The van der Waals surface area contributed by atoms with Gasteiger partial charge < -0.3 is 10.2 Å². The molecule has 4 bridgehead atoms. The SMILES string of the molecule is C/C=C/c1nnc(C(N)C2C3CC4CC(C3)CC2C4)o1. The van der Waals surface area contributed by atoms with Gasteiger partial charge in [0.2, 0.25) is 11.8 Å². The summed E-state index contributed by atoms with van der Waals surface area (Å²) in [5.74, 6) is 5.29. The van der Waals surface area contributed by atoms with Gasteiger partial charge in [0.25, 0.3) is 0 Å². The van der Waals surface area contributed by atoms with Crippen molar-refractivity contribution in [3.8, 4) is 0 Å². The van der Waals surface area contributed by atoms with Crippen molar-refractivity contribution in [3.63, 3.8) is 0 Å². The summed E-state index contributed by atoms with van der Waals surface area (Å²) in [5, 5.41) is 8.23. The second kappa shape index (κ2) is 4.69. The van der Waals surface area contributed by atoms with Crippen LogP contribution in [0, 0.1) is 29.6 Å². The molecular weight excluding hydrogens is 250 g/mol. The standard InChI is InChI=1S/C16H23N3O/c1-2-3-13-18-19-16(20-13)15(17)14-11-5-9-4-10(7-11)8-12(14)6-9/h2-3,9-12,14-15H,4-8,17H2,1H3/b3-2+. The van der Waals surface area contributed by atoms with Gasteiger partial charge in [-0.05, 0) is 74.7 Å². The van der Waals surface area contributed by atoms with Gasteiger partial charge in [-0.1, -0.05) is 6.08 Å². The molecule has 4 aliphatic carbocycles. The molecule has 1 unspecified atom stereocenters. The average Bonchev–Trinajstić information content (AvgIpc) is 2.86. The Labute approximate surface area is 119 Å². The quantitative estimate of drug-likeness (QED) is 0.918. The molecule has 4 fully saturated rings. The highest BCUT2D eigenvalue weighted by atomic mass is 16.4. The number of hydrogen-bond acceptors (Lipinski definition) is 4. The summed E-state index contributed by atoms with van der Waals surface area (Å²) in [6.45, 7) is 1.95. The Hall–Kier alpha value is -1.16. The highest BCUT2D eigenvalue weighted by Crippen LogP contribution is 2.58. The van der Waals surface area contributed by atoms with Gasteiger partial charge in [0, 0.05) is 0 Å². The lowest BCUT2D eigenvalue weighted by molar-refractivity contribution is -0.0503. The van der Waals surface area contributed by atoms with E-state index in [9.17, 15) is 0 Å². The lowest BCUT2D eigenvalue weighted by atomic mass is 9.50. The van der Waals surface area contributed by atoms with Crippen LogP contribution in [0.3, 0.4) is 0 Å². The molecule has 1 heterocycles. The molecule has 2 N–H and O–H groups in total. The van der Waals surface area contributed by atoms with Gasteiger partial charge in [0.15, 0.2) is 0 Å². The summed E-state index contributed by atoms with van der Waals surface area (Å²) >= 11 is 0. The fourth-order valence-corrected chi connectivity index (χ4v) is 5.31. The van der Waals surface area contributed by atoms with Crippen LogP contribution in [0.4, 0.5) is 0 Å². The lowest BCUT2D eigenvalue weighted by Crippen LogP contribution is -2.48. The van der Waals surface area contributed by atoms with E-state index in [4.69, 9.17) is 10.2 Å². The maximum atomic E-state index is 6.51. The van der Waals surface area contributed by atoms with Crippen LogP contribution >= 0.6 is 0 Å². The predicted molar refractivity (Wildman–Crippen MR) is 76.5 cm³/mol. The first-order chi connectivity index (χ1) is 9.74. The maximum Gasteiger partial charge on any atom is 0.240 e. The van der Waals surface area contributed by atoms with E-state index in [0.717, 1.165) is 23.7 Å². The number of rotatable bonds is 3. The molecule has 108 valence electrons. The van der Waals surface area contributed by atoms with Gasteiger partial charge >= 0.3 is 0 Å². The first kappa shape index (κ1) is 12.6. The van der Waals surface area contributed by atoms with Crippen molar-refractivity contribution >= 4 is 6.08 Å². The molecule has 0 saturated heterocycles. The summed E-state index contributed by atoms with van der Waals surface area (Å²) in [6, 6.07) is -0.0727. The van der Waals surface area contributed by atoms with Crippen molar-refractivity contribution in [1.29, 1.82) is 0 Å². The monoisotopic (exact) mass is 273 g/mol. The largest absolute Gasteiger partial charge is 0.420 e. The summed E-state index contributed by atoms with van der Waals surface area (Å²) in [7, 11) is 0. The van der Waals surface area contributed by atoms with Crippen LogP contribution in [0.25, 0.3) is 6.08 Å². The minimum atomic E-state index is -0.0727. The number of hydrogen-bond donors (Lipinski definition) is 1. The fraction of sp³-hybridized carbons (Fsp3) is 0.750. The molecule has 1 atom stereocenters. The van der Waals surface area contributed by atoms with Gasteiger partial charge in [0.05, 0.1) is 6.04 Å². The number of aromatic nitrogens is 2. The number of nitrogens with zero attached hydrogens (tertiary/aromatic N) is 2. The van der Waals surface area contributed by atoms with Crippen molar-refractivity contribution in [2.45, 2.75) is 45.1 Å². The lowest BCUT2D eigenvalue weighted by Gasteiger charge is -2.55. The zero-order chi connectivity index (χ0) is 13.7. The van der Waals surface area contributed by atoms with Gasteiger partial charge in [-0.25, -0.2) is 0 Å². The van der Waals surface area contributed by atoms with E-state index in [1.54, 1.807) is 0 Å². The van der Waals surface area contributed by atoms with Crippen LogP contribution in [0.2, 0.25) is 0 Å². The first-order valence-electron chi connectivity index (χ1n) is 7.96. The molecule has 1 aromatic heterocycles. The molecule has 1 aromatic rings. The molecular formula is C16H23N3O. The highest BCUT2D eigenvalue weighted by molar-refractivity contribution is 5.35. The van der Waals surface area contributed by atoms with E-state index in [1.807, 2.05) is 19.1 Å². The Morgan fingerprint density at radius 2 is 1.75 bits per heavy atom. The third kappa shape index (κ3) is 1.93. The molecule has 0 aromatic carbocycles. The smallest absolute Gasteiger partial charge is 0.240 e. The molecule has 4 saturated carbocycles. The molecule has 4 nitrogen and oxygen atoms in total. The van der Waals surface area contributed by atoms with Crippen LogP contribution in [-0.2, 0) is 0 Å². The van der Waals surface area contributed by atoms with Crippen molar-refractivity contribution in [1.82, 2.24) is 10.2 Å². The van der Waals surface area contributed by atoms with Crippen molar-refractivity contribution in [3.05, 3.63) is 17.9 Å². The number of nitrogens with two attached hydrogens (primary N) is 1. The Kier molecular flexibility index (Phi) is 2.95. The Balaban J connectivity index is 1.57. The van der Waals surface area contributed by atoms with Crippen molar-refractivity contribution < 1.29 is 4.42 Å². The fourth-order valence-electron chi connectivity index (χ4n) is 5.31.